The molecule has 0 heterocycles. The van der Waals surface area contributed by atoms with Gasteiger partial charge < -0.3 is 0 Å². The van der Waals surface area contributed by atoms with E-state index in [1.807, 2.05) is 13.0 Å². The van der Waals surface area contributed by atoms with Crippen LogP contribution >= 0.6 is 0 Å². The third kappa shape index (κ3) is 2.07. The summed E-state index contributed by atoms with van der Waals surface area (Å²) in [5.41, 5.74) is 1.90. The normalized spacial score (nSPS) is 50.6. The standard InChI is InChI=1S/C22H32O2/c1-13-11-19-17-6-5-15-12-16(24)7-9-21(15,3)18(17)8-10-22(19,4)20(13)14(2)23/h12-13,17-20H,5-11H2,1-4H3/t13-,17-,18+,19-,20-,21+,22+/m1/s1. The maximum atomic E-state index is 12.4. The van der Waals surface area contributed by atoms with E-state index in [0.717, 1.165) is 31.1 Å². The van der Waals surface area contributed by atoms with E-state index in [1.54, 1.807) is 0 Å². The van der Waals surface area contributed by atoms with Crippen molar-refractivity contribution >= 4 is 11.6 Å². The quantitative estimate of drug-likeness (QED) is 0.681. The van der Waals surface area contributed by atoms with E-state index in [1.165, 1.54) is 31.3 Å². The van der Waals surface area contributed by atoms with Crippen molar-refractivity contribution in [2.24, 2.45) is 40.4 Å². The summed E-state index contributed by atoms with van der Waals surface area (Å²) in [5, 5.41) is 0. The Hall–Kier alpha value is -0.920. The van der Waals surface area contributed by atoms with Crippen LogP contribution in [-0.4, -0.2) is 11.6 Å². The molecular formula is C22H32O2. The summed E-state index contributed by atoms with van der Waals surface area (Å²) in [6.07, 6.45) is 9.79. The summed E-state index contributed by atoms with van der Waals surface area (Å²) in [4.78, 5) is 24.3. The van der Waals surface area contributed by atoms with Crippen LogP contribution in [-0.2, 0) is 9.59 Å². The van der Waals surface area contributed by atoms with Gasteiger partial charge in [0.25, 0.3) is 0 Å². The minimum Gasteiger partial charge on any atom is -0.300 e. The summed E-state index contributed by atoms with van der Waals surface area (Å²) in [5.74, 6) is 3.74. The molecule has 0 radical (unpaired) electrons. The maximum Gasteiger partial charge on any atom is 0.155 e. The lowest BCUT2D eigenvalue weighted by molar-refractivity contribution is -0.129. The van der Waals surface area contributed by atoms with Crippen LogP contribution in [0.5, 0.6) is 0 Å². The van der Waals surface area contributed by atoms with Crippen LogP contribution in [0.15, 0.2) is 11.6 Å². The molecule has 4 aliphatic carbocycles. The Balaban J connectivity index is 1.69. The second kappa shape index (κ2) is 5.29. The number of hydrogen-bond acceptors (Lipinski definition) is 2. The SMILES string of the molecule is CC(=O)[C@H]1[C@H](C)C[C@@H]2[C@@H]3CCC4=CC(=O)CC[C@]4(C)[C@H]3CC[C@@]21C. The van der Waals surface area contributed by atoms with Crippen LogP contribution in [0, 0.1) is 40.4 Å². The van der Waals surface area contributed by atoms with Gasteiger partial charge >= 0.3 is 0 Å². The number of allylic oxidation sites excluding steroid dienone is 1. The van der Waals surface area contributed by atoms with Gasteiger partial charge in [-0.2, -0.15) is 0 Å². The Labute approximate surface area is 146 Å². The van der Waals surface area contributed by atoms with Gasteiger partial charge in [-0.3, -0.25) is 9.59 Å². The molecule has 0 aromatic heterocycles. The first kappa shape index (κ1) is 16.5. The molecule has 7 atom stereocenters. The van der Waals surface area contributed by atoms with Crippen LogP contribution < -0.4 is 0 Å². The van der Waals surface area contributed by atoms with Gasteiger partial charge in [-0.05, 0) is 86.0 Å². The molecule has 4 rings (SSSR count). The summed E-state index contributed by atoms with van der Waals surface area (Å²) >= 11 is 0. The summed E-state index contributed by atoms with van der Waals surface area (Å²) in [6, 6.07) is 0. The molecule has 3 saturated carbocycles. The molecule has 2 heteroatoms. The molecule has 0 aromatic carbocycles. The largest absolute Gasteiger partial charge is 0.300 e. The lowest BCUT2D eigenvalue weighted by atomic mass is 9.46. The average molecular weight is 328 g/mol. The van der Waals surface area contributed by atoms with Crippen molar-refractivity contribution in [3.63, 3.8) is 0 Å². The molecule has 0 amide bonds. The smallest absolute Gasteiger partial charge is 0.155 e. The van der Waals surface area contributed by atoms with E-state index < -0.39 is 0 Å². The molecule has 24 heavy (non-hydrogen) atoms. The molecule has 0 spiro atoms. The zero-order valence-electron chi connectivity index (χ0n) is 15.7. The van der Waals surface area contributed by atoms with Crippen LogP contribution in [0.2, 0.25) is 0 Å². The second-order valence-corrected chi connectivity index (χ2v) is 9.81. The molecule has 132 valence electrons. The van der Waals surface area contributed by atoms with Gasteiger partial charge in [-0.15, -0.1) is 0 Å². The van der Waals surface area contributed by atoms with E-state index >= 15 is 0 Å². The molecule has 3 fully saturated rings. The lowest BCUT2D eigenvalue weighted by Crippen LogP contribution is -2.51. The molecular weight excluding hydrogens is 296 g/mol. The molecule has 0 unspecified atom stereocenters. The average Bonchev–Trinajstić information content (AvgIpc) is 2.78. The Morgan fingerprint density at radius 1 is 1.12 bits per heavy atom. The topological polar surface area (TPSA) is 34.1 Å². The van der Waals surface area contributed by atoms with Gasteiger partial charge in [-0.25, -0.2) is 0 Å². The van der Waals surface area contributed by atoms with Crippen LogP contribution in [0.4, 0.5) is 0 Å². The molecule has 0 bridgehead atoms. The monoisotopic (exact) mass is 328 g/mol. The Kier molecular flexibility index (Phi) is 3.64. The molecule has 2 nitrogen and oxygen atoms in total. The number of Topliss-reactive ketones (excluding diaryl/α,β-unsaturated/α-hetero) is 1. The lowest BCUT2D eigenvalue weighted by Gasteiger charge is -2.58. The minimum absolute atomic E-state index is 0.217. The summed E-state index contributed by atoms with van der Waals surface area (Å²) in [6.45, 7) is 8.98. The number of rotatable bonds is 1. The molecule has 4 aliphatic rings. The Morgan fingerprint density at radius 3 is 2.58 bits per heavy atom. The third-order valence-corrected chi connectivity index (χ3v) is 8.74. The van der Waals surface area contributed by atoms with Crippen molar-refractivity contribution in [2.75, 3.05) is 0 Å². The van der Waals surface area contributed by atoms with Crippen molar-refractivity contribution in [2.45, 2.75) is 72.6 Å². The Morgan fingerprint density at radius 2 is 1.88 bits per heavy atom. The van der Waals surface area contributed by atoms with Crippen molar-refractivity contribution in [1.29, 1.82) is 0 Å². The number of carbonyl (C=O) groups is 2. The second-order valence-electron chi connectivity index (χ2n) is 9.81. The van der Waals surface area contributed by atoms with Gasteiger partial charge in [0.2, 0.25) is 0 Å². The van der Waals surface area contributed by atoms with Crippen LogP contribution in [0.3, 0.4) is 0 Å². The zero-order chi connectivity index (χ0) is 17.3. The maximum absolute atomic E-state index is 12.4. The van der Waals surface area contributed by atoms with Gasteiger partial charge in [-0.1, -0.05) is 26.3 Å². The Bertz CT molecular complexity index is 617. The highest BCUT2D eigenvalue weighted by molar-refractivity contribution is 5.91. The summed E-state index contributed by atoms with van der Waals surface area (Å²) in [7, 11) is 0. The fourth-order valence-corrected chi connectivity index (χ4v) is 7.79. The highest BCUT2D eigenvalue weighted by Gasteiger charge is 2.61. The van der Waals surface area contributed by atoms with E-state index in [9.17, 15) is 9.59 Å². The first-order valence-corrected chi connectivity index (χ1v) is 10.0. The zero-order valence-corrected chi connectivity index (χ0v) is 15.7. The van der Waals surface area contributed by atoms with Crippen LogP contribution in [0.25, 0.3) is 0 Å². The molecule has 0 saturated heterocycles. The van der Waals surface area contributed by atoms with Crippen molar-refractivity contribution < 1.29 is 9.59 Å². The fraction of sp³-hybridized carbons (Fsp3) is 0.818. The number of fused-ring (bicyclic) bond motifs is 5. The molecule has 0 aromatic rings. The van der Waals surface area contributed by atoms with Gasteiger partial charge in [0.15, 0.2) is 5.78 Å². The first-order chi connectivity index (χ1) is 11.3. The first-order valence-electron chi connectivity index (χ1n) is 10.0. The van der Waals surface area contributed by atoms with Crippen molar-refractivity contribution in [3.05, 3.63) is 11.6 Å². The van der Waals surface area contributed by atoms with Gasteiger partial charge in [0, 0.05) is 12.3 Å². The highest BCUT2D eigenvalue weighted by Crippen LogP contribution is 2.67. The van der Waals surface area contributed by atoms with Crippen LogP contribution in [0.1, 0.15) is 72.6 Å². The van der Waals surface area contributed by atoms with Gasteiger partial charge in [0.1, 0.15) is 5.78 Å². The molecule has 0 aliphatic heterocycles. The predicted molar refractivity (Wildman–Crippen MR) is 95.4 cm³/mol. The van der Waals surface area contributed by atoms with E-state index in [0.29, 0.717) is 23.4 Å². The van der Waals surface area contributed by atoms with E-state index in [-0.39, 0.29) is 16.7 Å². The third-order valence-electron chi connectivity index (χ3n) is 8.74. The van der Waals surface area contributed by atoms with E-state index in [2.05, 4.69) is 20.8 Å². The number of ketones is 2. The van der Waals surface area contributed by atoms with Gasteiger partial charge in [0.05, 0.1) is 0 Å². The van der Waals surface area contributed by atoms with Crippen molar-refractivity contribution in [1.82, 2.24) is 0 Å². The number of carbonyl (C=O) groups excluding carboxylic acids is 2. The summed E-state index contributed by atoms with van der Waals surface area (Å²) < 4.78 is 0. The van der Waals surface area contributed by atoms with Crippen molar-refractivity contribution in [3.8, 4) is 0 Å². The number of hydrogen-bond donors (Lipinski definition) is 0. The fourth-order valence-electron chi connectivity index (χ4n) is 7.79. The van der Waals surface area contributed by atoms with E-state index in [4.69, 9.17) is 0 Å². The predicted octanol–water partition coefficient (Wildman–Crippen LogP) is 4.97. The molecule has 0 N–H and O–H groups in total. The minimum atomic E-state index is 0.217. The highest BCUT2D eigenvalue weighted by atomic mass is 16.1.